The molecule has 0 saturated carbocycles. The number of aryl methyl sites for hydroxylation is 2. The first kappa shape index (κ1) is 15.6. The number of hydrogen-bond acceptors (Lipinski definition) is 3. The van der Waals surface area contributed by atoms with Gasteiger partial charge in [-0.25, -0.2) is 0 Å². The Morgan fingerprint density at radius 2 is 2.00 bits per heavy atom. The fourth-order valence-electron chi connectivity index (χ4n) is 4.84. The van der Waals surface area contributed by atoms with Gasteiger partial charge in [-0.05, 0) is 43.7 Å². The van der Waals surface area contributed by atoms with E-state index in [9.17, 15) is 14.4 Å². The van der Waals surface area contributed by atoms with E-state index in [1.165, 1.54) is 24.1 Å². The van der Waals surface area contributed by atoms with Gasteiger partial charge in [0.2, 0.25) is 11.8 Å². The highest BCUT2D eigenvalue weighted by molar-refractivity contribution is 6.09. The number of rotatable bonds is 1. The summed E-state index contributed by atoms with van der Waals surface area (Å²) < 4.78 is 0. The third kappa shape index (κ3) is 2.14. The maximum absolute atomic E-state index is 13.2. The molecule has 6 heteroatoms. The first-order valence-corrected chi connectivity index (χ1v) is 9.33. The Morgan fingerprint density at radius 1 is 1.15 bits per heavy atom. The minimum atomic E-state index is -0.727. The van der Waals surface area contributed by atoms with E-state index in [-0.39, 0.29) is 24.1 Å². The molecule has 3 aliphatic rings. The molecule has 26 heavy (non-hydrogen) atoms. The molecule has 3 heterocycles. The van der Waals surface area contributed by atoms with Crippen molar-refractivity contribution in [2.75, 3.05) is 13.1 Å². The number of carbonyl (C=O) groups is 3. The third-order valence-electron chi connectivity index (χ3n) is 6.24. The van der Waals surface area contributed by atoms with E-state index in [4.69, 9.17) is 0 Å². The molecule has 3 amide bonds. The Hall–Kier alpha value is -2.63. The van der Waals surface area contributed by atoms with Gasteiger partial charge < -0.3 is 9.88 Å². The van der Waals surface area contributed by atoms with Crippen molar-refractivity contribution in [3.8, 4) is 0 Å². The maximum Gasteiger partial charge on any atom is 0.256 e. The van der Waals surface area contributed by atoms with Crippen molar-refractivity contribution in [1.29, 1.82) is 0 Å². The van der Waals surface area contributed by atoms with Gasteiger partial charge in [0.1, 0.15) is 0 Å². The normalized spacial score (nSPS) is 25.2. The zero-order valence-corrected chi connectivity index (χ0v) is 14.6. The number of likely N-dealkylation sites (tertiary alicyclic amines) is 1. The first-order valence-electron chi connectivity index (χ1n) is 9.33. The lowest BCUT2D eigenvalue weighted by Gasteiger charge is -2.20. The van der Waals surface area contributed by atoms with Crippen LogP contribution in [0.25, 0.3) is 10.9 Å². The molecule has 0 radical (unpaired) electrons. The van der Waals surface area contributed by atoms with E-state index >= 15 is 0 Å². The van der Waals surface area contributed by atoms with Gasteiger partial charge in [-0.2, -0.15) is 0 Å². The summed E-state index contributed by atoms with van der Waals surface area (Å²) in [6.07, 6.45) is 5.20. The quantitative estimate of drug-likeness (QED) is 0.770. The number of imide groups is 1. The van der Waals surface area contributed by atoms with Crippen LogP contribution >= 0.6 is 0 Å². The van der Waals surface area contributed by atoms with Crippen molar-refractivity contribution >= 4 is 28.6 Å². The van der Waals surface area contributed by atoms with Gasteiger partial charge in [-0.1, -0.05) is 12.1 Å². The maximum atomic E-state index is 13.2. The molecule has 1 aromatic heterocycles. The number of benzene rings is 1. The molecular weight excluding hydrogens is 330 g/mol. The number of carbonyl (C=O) groups excluding carboxylic acids is 3. The van der Waals surface area contributed by atoms with Crippen LogP contribution in [0.3, 0.4) is 0 Å². The van der Waals surface area contributed by atoms with Crippen molar-refractivity contribution in [3.05, 3.63) is 35.0 Å². The number of aromatic amines is 1. The Morgan fingerprint density at radius 3 is 2.81 bits per heavy atom. The monoisotopic (exact) mass is 351 g/mol. The minimum absolute atomic E-state index is 0.0572. The number of fused-ring (bicyclic) bond motifs is 3. The molecular formula is C20H21N3O3. The van der Waals surface area contributed by atoms with E-state index < -0.39 is 5.41 Å². The lowest BCUT2D eigenvalue weighted by Crippen LogP contribution is -2.36. The van der Waals surface area contributed by atoms with Crippen molar-refractivity contribution in [2.24, 2.45) is 5.41 Å². The van der Waals surface area contributed by atoms with E-state index in [0.29, 0.717) is 25.1 Å². The van der Waals surface area contributed by atoms with Crippen molar-refractivity contribution < 1.29 is 14.4 Å². The molecule has 1 aliphatic carbocycles. The fourth-order valence-corrected chi connectivity index (χ4v) is 4.84. The Bertz CT molecular complexity index is 961. The zero-order chi connectivity index (χ0) is 17.9. The van der Waals surface area contributed by atoms with Gasteiger partial charge in [0, 0.05) is 30.6 Å². The van der Waals surface area contributed by atoms with Gasteiger partial charge in [-0.3, -0.25) is 19.7 Å². The van der Waals surface area contributed by atoms with Crippen LogP contribution in [0, 0.1) is 5.41 Å². The molecule has 0 bridgehead atoms. The second kappa shape index (κ2) is 5.43. The van der Waals surface area contributed by atoms with Crippen LogP contribution in [0.1, 0.15) is 47.3 Å². The molecule has 6 nitrogen and oxygen atoms in total. The smallest absolute Gasteiger partial charge is 0.256 e. The summed E-state index contributed by atoms with van der Waals surface area (Å²) in [5.41, 5.74) is 3.45. The van der Waals surface area contributed by atoms with Gasteiger partial charge >= 0.3 is 0 Å². The number of H-pyrrole nitrogens is 1. The molecule has 2 aromatic rings. The van der Waals surface area contributed by atoms with Gasteiger partial charge in [0.05, 0.1) is 16.5 Å². The lowest BCUT2D eigenvalue weighted by molar-refractivity contribution is -0.128. The molecule has 2 N–H and O–H groups in total. The van der Waals surface area contributed by atoms with Crippen LogP contribution in [-0.2, 0) is 22.4 Å². The van der Waals surface area contributed by atoms with Gasteiger partial charge in [0.15, 0.2) is 0 Å². The van der Waals surface area contributed by atoms with E-state index in [2.05, 4.69) is 16.4 Å². The highest BCUT2D eigenvalue weighted by atomic mass is 16.2. The molecule has 1 aromatic carbocycles. The van der Waals surface area contributed by atoms with Crippen LogP contribution in [0.15, 0.2) is 18.2 Å². The summed E-state index contributed by atoms with van der Waals surface area (Å²) in [6.45, 7) is 0.830. The topological polar surface area (TPSA) is 82.3 Å². The Kier molecular flexibility index (Phi) is 3.26. The molecule has 134 valence electrons. The van der Waals surface area contributed by atoms with Crippen molar-refractivity contribution in [1.82, 2.24) is 15.2 Å². The van der Waals surface area contributed by atoms with Crippen molar-refractivity contribution in [2.45, 2.75) is 38.5 Å². The SMILES string of the molecule is O=C1CC2(CCN(C(=O)c3cccc4c5c([nH]c34)CCCC5)C2)C(=O)N1. The summed E-state index contributed by atoms with van der Waals surface area (Å²) in [6, 6.07) is 5.88. The summed E-state index contributed by atoms with van der Waals surface area (Å²) in [7, 11) is 0. The predicted octanol–water partition coefficient (Wildman–Crippen LogP) is 1.93. The number of para-hydroxylation sites is 1. The highest BCUT2D eigenvalue weighted by Crippen LogP contribution is 2.39. The van der Waals surface area contributed by atoms with Gasteiger partial charge in [0.25, 0.3) is 5.91 Å². The largest absolute Gasteiger partial charge is 0.358 e. The number of nitrogens with zero attached hydrogens (tertiary/aromatic N) is 1. The summed E-state index contributed by atoms with van der Waals surface area (Å²) in [5, 5.41) is 3.54. The van der Waals surface area contributed by atoms with Gasteiger partial charge in [-0.15, -0.1) is 0 Å². The van der Waals surface area contributed by atoms with Crippen LogP contribution < -0.4 is 5.32 Å². The van der Waals surface area contributed by atoms with Crippen LogP contribution in [0.5, 0.6) is 0 Å². The van der Waals surface area contributed by atoms with E-state index in [0.717, 1.165) is 23.7 Å². The molecule has 2 saturated heterocycles. The molecule has 1 atom stereocenters. The van der Waals surface area contributed by atoms with Crippen molar-refractivity contribution in [3.63, 3.8) is 0 Å². The number of hydrogen-bond donors (Lipinski definition) is 2. The lowest BCUT2D eigenvalue weighted by atomic mass is 9.85. The summed E-state index contributed by atoms with van der Waals surface area (Å²) >= 11 is 0. The molecule has 1 spiro atoms. The first-order chi connectivity index (χ1) is 12.6. The van der Waals surface area contributed by atoms with Crippen LogP contribution in [-0.4, -0.2) is 40.7 Å². The zero-order valence-electron chi connectivity index (χ0n) is 14.6. The second-order valence-electron chi connectivity index (χ2n) is 7.83. The second-order valence-corrected chi connectivity index (χ2v) is 7.83. The third-order valence-corrected chi connectivity index (χ3v) is 6.24. The van der Waals surface area contributed by atoms with E-state index in [1.807, 2.05) is 12.1 Å². The molecule has 2 fully saturated rings. The highest BCUT2D eigenvalue weighted by Gasteiger charge is 2.51. The average molecular weight is 351 g/mol. The summed E-state index contributed by atoms with van der Waals surface area (Å²) in [5.74, 6) is -0.520. The predicted molar refractivity (Wildman–Crippen MR) is 95.7 cm³/mol. The van der Waals surface area contributed by atoms with Crippen LogP contribution in [0.4, 0.5) is 0 Å². The number of amides is 3. The summed E-state index contributed by atoms with van der Waals surface area (Å²) in [4.78, 5) is 42.2. The minimum Gasteiger partial charge on any atom is -0.358 e. The standard InChI is InChI=1S/C20H21N3O3/c24-16-10-20(19(26)22-16)8-9-23(11-20)18(25)14-6-3-5-13-12-4-1-2-7-15(12)21-17(13)14/h3,5-6,21H,1-2,4,7-11H2,(H,22,24,26). The average Bonchev–Trinajstić information content (AvgIpc) is 3.30. The fraction of sp³-hybridized carbons (Fsp3) is 0.450. The molecule has 1 unspecified atom stereocenters. The Balaban J connectivity index is 1.49. The number of aromatic nitrogens is 1. The molecule has 5 rings (SSSR count). The Labute approximate surface area is 150 Å². The molecule has 2 aliphatic heterocycles. The number of nitrogens with one attached hydrogen (secondary N) is 2. The van der Waals surface area contributed by atoms with E-state index in [1.54, 1.807) is 4.90 Å². The van der Waals surface area contributed by atoms with Crippen LogP contribution in [0.2, 0.25) is 0 Å².